The number of nitrogens with zero attached hydrogens (tertiary/aromatic N) is 2. The maximum Gasteiger partial charge on any atom is 0.255 e. The topological polar surface area (TPSA) is 74.3 Å². The first kappa shape index (κ1) is 16.8. The van der Waals surface area contributed by atoms with E-state index in [2.05, 4.69) is 15.6 Å². The number of hydrogen-bond acceptors (Lipinski definition) is 4. The van der Waals surface area contributed by atoms with Gasteiger partial charge < -0.3 is 15.5 Å². The van der Waals surface area contributed by atoms with Crippen LogP contribution in [-0.4, -0.2) is 53.9 Å². The molecule has 1 aromatic heterocycles. The zero-order chi connectivity index (χ0) is 16.9. The van der Waals surface area contributed by atoms with Crippen LogP contribution in [0.1, 0.15) is 36.0 Å². The second-order valence-corrected chi connectivity index (χ2v) is 6.55. The number of amides is 2. The van der Waals surface area contributed by atoms with Crippen LogP contribution in [0.5, 0.6) is 0 Å². The summed E-state index contributed by atoms with van der Waals surface area (Å²) in [6.45, 7) is 2.70. The molecule has 6 nitrogen and oxygen atoms in total. The first-order valence-electron chi connectivity index (χ1n) is 8.54. The maximum atomic E-state index is 13.2. The molecule has 0 bridgehead atoms. The molecule has 3 rings (SSSR count). The van der Waals surface area contributed by atoms with Crippen LogP contribution in [0.25, 0.3) is 0 Å². The molecule has 2 fully saturated rings. The van der Waals surface area contributed by atoms with Crippen molar-refractivity contribution in [2.24, 2.45) is 5.92 Å². The highest BCUT2D eigenvalue weighted by Crippen LogP contribution is 2.18. The van der Waals surface area contributed by atoms with Crippen molar-refractivity contribution in [2.75, 3.05) is 26.2 Å². The highest BCUT2D eigenvalue weighted by Gasteiger charge is 2.27. The molecular formula is C17H23FN4O2. The first-order chi connectivity index (χ1) is 11.6. The Hall–Kier alpha value is -2.02. The van der Waals surface area contributed by atoms with Gasteiger partial charge in [-0.15, -0.1) is 0 Å². The molecule has 0 saturated carbocycles. The van der Waals surface area contributed by atoms with Gasteiger partial charge in [-0.3, -0.25) is 14.6 Å². The van der Waals surface area contributed by atoms with Gasteiger partial charge in [0.05, 0.1) is 17.8 Å². The van der Waals surface area contributed by atoms with Gasteiger partial charge in [-0.05, 0) is 44.2 Å². The molecule has 0 unspecified atom stereocenters. The lowest BCUT2D eigenvalue weighted by atomic mass is 9.97. The van der Waals surface area contributed by atoms with E-state index in [1.165, 1.54) is 12.3 Å². The van der Waals surface area contributed by atoms with Crippen molar-refractivity contribution < 1.29 is 14.0 Å². The number of carbonyl (C=O) groups is 2. The van der Waals surface area contributed by atoms with E-state index in [-0.39, 0.29) is 29.3 Å². The molecule has 2 atom stereocenters. The Bertz CT molecular complexity index is 604. The van der Waals surface area contributed by atoms with E-state index in [1.807, 2.05) is 0 Å². The molecule has 0 spiro atoms. The van der Waals surface area contributed by atoms with Gasteiger partial charge in [-0.1, -0.05) is 0 Å². The minimum absolute atomic E-state index is 0.0466. The molecule has 0 aliphatic carbocycles. The van der Waals surface area contributed by atoms with Gasteiger partial charge in [0.15, 0.2) is 0 Å². The van der Waals surface area contributed by atoms with E-state index in [0.717, 1.165) is 38.4 Å². The third kappa shape index (κ3) is 4.08. The lowest BCUT2D eigenvalue weighted by Crippen LogP contribution is -2.46. The summed E-state index contributed by atoms with van der Waals surface area (Å²) in [5.41, 5.74) is 0.273. The van der Waals surface area contributed by atoms with E-state index in [9.17, 15) is 14.0 Å². The van der Waals surface area contributed by atoms with E-state index in [1.54, 1.807) is 4.90 Å². The molecule has 3 heterocycles. The van der Waals surface area contributed by atoms with Crippen LogP contribution < -0.4 is 10.6 Å². The van der Waals surface area contributed by atoms with Crippen LogP contribution in [0.15, 0.2) is 18.5 Å². The summed E-state index contributed by atoms with van der Waals surface area (Å²) in [7, 11) is 0. The fourth-order valence-corrected chi connectivity index (χ4v) is 3.40. The fourth-order valence-electron chi connectivity index (χ4n) is 3.40. The number of piperidine rings is 1. The summed E-state index contributed by atoms with van der Waals surface area (Å²) >= 11 is 0. The van der Waals surface area contributed by atoms with E-state index < -0.39 is 5.82 Å². The average molecular weight is 334 g/mol. The molecule has 1 aromatic rings. The molecular weight excluding hydrogens is 311 g/mol. The number of aromatic nitrogens is 1. The van der Waals surface area contributed by atoms with Gasteiger partial charge in [-0.2, -0.15) is 0 Å². The van der Waals surface area contributed by atoms with Gasteiger partial charge in [0, 0.05) is 25.8 Å². The SMILES string of the molecule is O=C(NC[C@@H]1CCCN(C(=O)c2cncc(F)c2)C1)[C@H]1CCCN1. The van der Waals surface area contributed by atoms with Crippen LogP contribution in [0.4, 0.5) is 4.39 Å². The molecule has 130 valence electrons. The van der Waals surface area contributed by atoms with E-state index in [4.69, 9.17) is 0 Å². The summed E-state index contributed by atoms with van der Waals surface area (Å²) in [6.07, 6.45) is 6.25. The zero-order valence-electron chi connectivity index (χ0n) is 13.6. The van der Waals surface area contributed by atoms with Crippen molar-refractivity contribution in [1.82, 2.24) is 20.5 Å². The van der Waals surface area contributed by atoms with Crippen molar-refractivity contribution in [3.05, 3.63) is 29.8 Å². The molecule has 2 aliphatic heterocycles. The number of hydrogen-bond donors (Lipinski definition) is 2. The molecule has 2 N–H and O–H groups in total. The number of halogens is 1. The standard InChI is InChI=1S/C17H23FN4O2/c18-14-7-13(9-19-10-14)17(24)22-6-2-3-12(11-22)8-21-16(23)15-4-1-5-20-15/h7,9-10,12,15,20H,1-6,8,11H2,(H,21,23)/t12-,15+/m0/s1. The Morgan fingerprint density at radius 3 is 2.96 bits per heavy atom. The summed E-state index contributed by atoms with van der Waals surface area (Å²) in [6, 6.07) is 1.14. The fraction of sp³-hybridized carbons (Fsp3) is 0.588. The molecule has 0 radical (unpaired) electrons. The number of rotatable bonds is 4. The highest BCUT2D eigenvalue weighted by molar-refractivity contribution is 5.94. The Kier molecular flexibility index (Phi) is 5.40. The molecule has 24 heavy (non-hydrogen) atoms. The van der Waals surface area contributed by atoms with Gasteiger partial charge in [0.2, 0.25) is 5.91 Å². The highest BCUT2D eigenvalue weighted by atomic mass is 19.1. The Morgan fingerprint density at radius 1 is 1.33 bits per heavy atom. The summed E-state index contributed by atoms with van der Waals surface area (Å²) in [4.78, 5) is 30.0. The Morgan fingerprint density at radius 2 is 2.21 bits per heavy atom. The zero-order valence-corrected chi connectivity index (χ0v) is 13.6. The molecule has 2 aliphatic rings. The van der Waals surface area contributed by atoms with Crippen LogP contribution in [-0.2, 0) is 4.79 Å². The second kappa shape index (κ2) is 7.70. The van der Waals surface area contributed by atoms with Crippen LogP contribution in [0.3, 0.4) is 0 Å². The Labute approximate surface area is 140 Å². The van der Waals surface area contributed by atoms with Crippen LogP contribution >= 0.6 is 0 Å². The normalized spacial score (nSPS) is 24.0. The van der Waals surface area contributed by atoms with Crippen LogP contribution in [0.2, 0.25) is 0 Å². The number of pyridine rings is 1. The average Bonchev–Trinajstić information content (AvgIpc) is 3.14. The van der Waals surface area contributed by atoms with Crippen molar-refractivity contribution in [2.45, 2.75) is 31.7 Å². The predicted molar refractivity (Wildman–Crippen MR) is 86.9 cm³/mol. The minimum Gasteiger partial charge on any atom is -0.354 e. The molecule has 7 heteroatoms. The van der Waals surface area contributed by atoms with Gasteiger partial charge in [0.1, 0.15) is 5.82 Å². The first-order valence-corrected chi connectivity index (χ1v) is 8.54. The quantitative estimate of drug-likeness (QED) is 0.859. The van der Waals surface area contributed by atoms with E-state index >= 15 is 0 Å². The third-order valence-electron chi connectivity index (χ3n) is 4.70. The lowest BCUT2D eigenvalue weighted by Gasteiger charge is -2.33. The minimum atomic E-state index is -0.509. The van der Waals surface area contributed by atoms with Gasteiger partial charge in [0.25, 0.3) is 5.91 Å². The van der Waals surface area contributed by atoms with Crippen molar-refractivity contribution >= 4 is 11.8 Å². The maximum absolute atomic E-state index is 13.2. The third-order valence-corrected chi connectivity index (χ3v) is 4.70. The number of carbonyl (C=O) groups excluding carboxylic acids is 2. The number of likely N-dealkylation sites (tertiary alicyclic amines) is 1. The van der Waals surface area contributed by atoms with Gasteiger partial charge in [-0.25, -0.2) is 4.39 Å². The largest absolute Gasteiger partial charge is 0.354 e. The molecule has 0 aromatic carbocycles. The Balaban J connectivity index is 1.52. The van der Waals surface area contributed by atoms with Crippen molar-refractivity contribution in [1.29, 1.82) is 0 Å². The lowest BCUT2D eigenvalue weighted by molar-refractivity contribution is -0.123. The smallest absolute Gasteiger partial charge is 0.255 e. The van der Waals surface area contributed by atoms with Crippen molar-refractivity contribution in [3.8, 4) is 0 Å². The monoisotopic (exact) mass is 334 g/mol. The predicted octanol–water partition coefficient (Wildman–Crippen LogP) is 0.941. The second-order valence-electron chi connectivity index (χ2n) is 6.55. The van der Waals surface area contributed by atoms with Crippen molar-refractivity contribution in [3.63, 3.8) is 0 Å². The molecule has 2 amide bonds. The summed E-state index contributed by atoms with van der Waals surface area (Å²) in [5, 5.41) is 6.17. The summed E-state index contributed by atoms with van der Waals surface area (Å²) in [5.74, 6) is -0.430. The number of nitrogens with one attached hydrogen (secondary N) is 2. The van der Waals surface area contributed by atoms with Crippen LogP contribution in [0, 0.1) is 11.7 Å². The summed E-state index contributed by atoms with van der Waals surface area (Å²) < 4.78 is 13.2. The van der Waals surface area contributed by atoms with E-state index in [0.29, 0.717) is 19.6 Å². The molecule has 2 saturated heterocycles. The van der Waals surface area contributed by atoms with Gasteiger partial charge >= 0.3 is 0 Å².